The number of hydrogen-bond acceptors (Lipinski definition) is 6. The highest BCUT2D eigenvalue weighted by Gasteiger charge is 2.40. The molecule has 0 aromatic carbocycles. The molecule has 2 aliphatic heterocycles. The van der Waals surface area contributed by atoms with Crippen LogP contribution in [0.4, 0.5) is 5.95 Å². The third-order valence-electron chi connectivity index (χ3n) is 4.85. The quantitative estimate of drug-likeness (QED) is 0.803. The number of piperazine rings is 1. The lowest BCUT2D eigenvalue weighted by Crippen LogP contribution is -2.54. The molecule has 2 N–H and O–H groups in total. The summed E-state index contributed by atoms with van der Waals surface area (Å²) in [6.07, 6.45) is 7.04. The van der Waals surface area contributed by atoms with E-state index in [1.807, 2.05) is 11.0 Å². The SMILES string of the molecule is O=C(C1CC(C2CC2)NN1)N1CCN(c2ncccn2)CC1. The Bertz CT molecular complexity index is 526. The van der Waals surface area contributed by atoms with Gasteiger partial charge in [0.1, 0.15) is 6.04 Å². The van der Waals surface area contributed by atoms with E-state index in [4.69, 9.17) is 0 Å². The van der Waals surface area contributed by atoms with Gasteiger partial charge < -0.3 is 9.80 Å². The summed E-state index contributed by atoms with van der Waals surface area (Å²) in [4.78, 5) is 25.3. The summed E-state index contributed by atoms with van der Waals surface area (Å²) in [6.45, 7) is 3.07. The van der Waals surface area contributed by atoms with Crippen molar-refractivity contribution in [3.63, 3.8) is 0 Å². The smallest absolute Gasteiger partial charge is 0.241 e. The van der Waals surface area contributed by atoms with Crippen molar-refractivity contribution in [3.05, 3.63) is 18.5 Å². The molecule has 0 bridgehead atoms. The van der Waals surface area contributed by atoms with Gasteiger partial charge in [0.05, 0.1) is 0 Å². The molecule has 118 valence electrons. The zero-order valence-corrected chi connectivity index (χ0v) is 12.6. The van der Waals surface area contributed by atoms with Crippen LogP contribution in [0.5, 0.6) is 0 Å². The van der Waals surface area contributed by atoms with Crippen molar-refractivity contribution in [1.82, 2.24) is 25.7 Å². The second-order valence-electron chi connectivity index (χ2n) is 6.38. The predicted octanol–water partition coefficient (Wildman–Crippen LogP) is -0.230. The molecule has 1 aromatic heterocycles. The Kier molecular flexibility index (Phi) is 3.67. The Morgan fingerprint density at radius 3 is 2.50 bits per heavy atom. The normalized spacial score (nSPS) is 28.9. The average molecular weight is 302 g/mol. The number of rotatable bonds is 3. The van der Waals surface area contributed by atoms with Crippen LogP contribution in [-0.4, -0.2) is 59.0 Å². The van der Waals surface area contributed by atoms with E-state index in [2.05, 4.69) is 25.7 Å². The second-order valence-corrected chi connectivity index (χ2v) is 6.38. The van der Waals surface area contributed by atoms with Crippen molar-refractivity contribution < 1.29 is 4.79 Å². The van der Waals surface area contributed by atoms with Gasteiger partial charge in [0.15, 0.2) is 0 Å². The number of hydrogen-bond donors (Lipinski definition) is 2. The van der Waals surface area contributed by atoms with Gasteiger partial charge in [-0.2, -0.15) is 0 Å². The minimum absolute atomic E-state index is 0.0647. The average Bonchev–Trinajstić information content (AvgIpc) is 3.32. The van der Waals surface area contributed by atoms with Gasteiger partial charge in [-0.15, -0.1) is 0 Å². The van der Waals surface area contributed by atoms with E-state index < -0.39 is 0 Å². The molecule has 7 heteroatoms. The Labute approximate surface area is 130 Å². The Morgan fingerprint density at radius 2 is 1.82 bits per heavy atom. The standard InChI is InChI=1S/C15H22N6O/c22-14(13-10-12(18-19-13)11-2-3-11)20-6-8-21(9-7-20)15-16-4-1-5-17-15/h1,4-5,11-13,18-19H,2-3,6-10H2. The molecule has 1 amide bonds. The van der Waals surface area contributed by atoms with E-state index >= 15 is 0 Å². The molecule has 3 aliphatic rings. The maximum atomic E-state index is 12.6. The highest BCUT2D eigenvalue weighted by atomic mass is 16.2. The van der Waals surface area contributed by atoms with Crippen LogP contribution in [0, 0.1) is 5.92 Å². The summed E-state index contributed by atoms with van der Waals surface area (Å²) in [5.74, 6) is 1.76. The molecular formula is C15H22N6O. The molecule has 3 fully saturated rings. The molecule has 1 aliphatic carbocycles. The highest BCUT2D eigenvalue weighted by molar-refractivity contribution is 5.82. The lowest BCUT2D eigenvalue weighted by Gasteiger charge is -2.35. The zero-order chi connectivity index (χ0) is 14.9. The number of carbonyl (C=O) groups is 1. The van der Waals surface area contributed by atoms with Gasteiger partial charge in [0.25, 0.3) is 0 Å². The van der Waals surface area contributed by atoms with Crippen LogP contribution >= 0.6 is 0 Å². The fourth-order valence-electron chi connectivity index (χ4n) is 3.35. The van der Waals surface area contributed by atoms with Crippen LogP contribution < -0.4 is 15.8 Å². The van der Waals surface area contributed by atoms with Gasteiger partial charge in [-0.3, -0.25) is 10.2 Å². The maximum Gasteiger partial charge on any atom is 0.241 e. The number of hydrazine groups is 1. The first-order valence-corrected chi connectivity index (χ1v) is 8.13. The Balaban J connectivity index is 1.30. The topological polar surface area (TPSA) is 73.4 Å². The molecule has 4 rings (SSSR count). The number of anilines is 1. The molecule has 2 unspecified atom stereocenters. The predicted molar refractivity (Wildman–Crippen MR) is 82.0 cm³/mol. The number of amides is 1. The molecule has 7 nitrogen and oxygen atoms in total. The van der Waals surface area contributed by atoms with E-state index in [0.29, 0.717) is 6.04 Å². The van der Waals surface area contributed by atoms with Crippen LogP contribution in [0.15, 0.2) is 18.5 Å². The Hall–Kier alpha value is -1.73. The summed E-state index contributed by atoms with van der Waals surface area (Å²) in [7, 11) is 0. The highest BCUT2D eigenvalue weighted by Crippen LogP contribution is 2.35. The van der Waals surface area contributed by atoms with E-state index in [0.717, 1.165) is 44.5 Å². The molecule has 3 heterocycles. The van der Waals surface area contributed by atoms with Gasteiger partial charge in [0.2, 0.25) is 11.9 Å². The van der Waals surface area contributed by atoms with Gasteiger partial charge in [-0.25, -0.2) is 15.4 Å². The van der Waals surface area contributed by atoms with Crippen molar-refractivity contribution in [2.75, 3.05) is 31.1 Å². The first kappa shape index (κ1) is 13.9. The molecule has 1 saturated carbocycles. The lowest BCUT2D eigenvalue weighted by atomic mass is 10.1. The third kappa shape index (κ3) is 2.78. The van der Waals surface area contributed by atoms with Gasteiger partial charge in [-0.05, 0) is 31.2 Å². The van der Waals surface area contributed by atoms with Crippen molar-refractivity contribution in [2.45, 2.75) is 31.3 Å². The van der Waals surface area contributed by atoms with Crippen molar-refractivity contribution >= 4 is 11.9 Å². The van der Waals surface area contributed by atoms with Crippen molar-refractivity contribution in [1.29, 1.82) is 0 Å². The van der Waals surface area contributed by atoms with E-state index in [-0.39, 0.29) is 11.9 Å². The van der Waals surface area contributed by atoms with Gasteiger partial charge in [-0.1, -0.05) is 0 Å². The molecule has 0 radical (unpaired) electrons. The summed E-state index contributed by atoms with van der Waals surface area (Å²) < 4.78 is 0. The lowest BCUT2D eigenvalue weighted by molar-refractivity contribution is -0.133. The number of aromatic nitrogens is 2. The van der Waals surface area contributed by atoms with Crippen LogP contribution in [0.1, 0.15) is 19.3 Å². The van der Waals surface area contributed by atoms with Crippen LogP contribution in [0.25, 0.3) is 0 Å². The first-order valence-electron chi connectivity index (χ1n) is 8.13. The van der Waals surface area contributed by atoms with E-state index in [9.17, 15) is 4.79 Å². The van der Waals surface area contributed by atoms with E-state index in [1.54, 1.807) is 12.4 Å². The molecule has 1 aromatic rings. The monoisotopic (exact) mass is 302 g/mol. The van der Waals surface area contributed by atoms with Crippen molar-refractivity contribution in [3.8, 4) is 0 Å². The van der Waals surface area contributed by atoms with Gasteiger partial charge in [0, 0.05) is 44.6 Å². The fourth-order valence-corrected chi connectivity index (χ4v) is 3.35. The van der Waals surface area contributed by atoms with Gasteiger partial charge >= 0.3 is 0 Å². The van der Waals surface area contributed by atoms with Crippen LogP contribution in [-0.2, 0) is 4.79 Å². The number of nitrogens with one attached hydrogen (secondary N) is 2. The second kappa shape index (κ2) is 5.81. The fraction of sp³-hybridized carbons (Fsp3) is 0.667. The summed E-state index contributed by atoms with van der Waals surface area (Å²) in [5, 5.41) is 0. The first-order chi connectivity index (χ1) is 10.8. The summed E-state index contributed by atoms with van der Waals surface area (Å²) in [6, 6.07) is 2.23. The number of carbonyl (C=O) groups excluding carboxylic acids is 1. The molecule has 22 heavy (non-hydrogen) atoms. The maximum absolute atomic E-state index is 12.6. The third-order valence-corrected chi connectivity index (χ3v) is 4.85. The van der Waals surface area contributed by atoms with E-state index in [1.165, 1.54) is 12.8 Å². The molecule has 0 spiro atoms. The largest absolute Gasteiger partial charge is 0.338 e. The molecule has 2 saturated heterocycles. The minimum Gasteiger partial charge on any atom is -0.338 e. The Morgan fingerprint density at radius 1 is 1.09 bits per heavy atom. The van der Waals surface area contributed by atoms with Crippen LogP contribution in [0.2, 0.25) is 0 Å². The van der Waals surface area contributed by atoms with Crippen LogP contribution in [0.3, 0.4) is 0 Å². The molecule has 2 atom stereocenters. The summed E-state index contributed by atoms with van der Waals surface area (Å²) >= 11 is 0. The number of nitrogens with zero attached hydrogens (tertiary/aromatic N) is 4. The van der Waals surface area contributed by atoms with Crippen molar-refractivity contribution in [2.24, 2.45) is 5.92 Å². The minimum atomic E-state index is -0.0647. The summed E-state index contributed by atoms with van der Waals surface area (Å²) in [5.41, 5.74) is 6.48. The zero-order valence-electron chi connectivity index (χ0n) is 12.6. The molecular weight excluding hydrogens is 280 g/mol.